The second-order valence-corrected chi connectivity index (χ2v) is 12.9. The normalized spacial score (nSPS) is 13.3. The Morgan fingerprint density at radius 2 is 1.59 bits per heavy atom. The molecule has 248 valence electrons. The van der Waals surface area contributed by atoms with Crippen LogP contribution in [0.5, 0.6) is 11.5 Å². The first-order chi connectivity index (χ1) is 22.3. The van der Waals surface area contributed by atoms with Gasteiger partial charge in [-0.3, -0.25) is 14.4 Å². The highest BCUT2D eigenvalue weighted by atomic mass is 32.1. The lowest BCUT2D eigenvalue weighted by Crippen LogP contribution is -2.38. The number of benzene rings is 2. The third kappa shape index (κ3) is 10.9. The molecular formula is C37H47NO7S. The molecule has 1 heterocycles. The molecule has 0 spiro atoms. The van der Waals surface area contributed by atoms with Crippen LogP contribution in [-0.4, -0.2) is 59.3 Å². The van der Waals surface area contributed by atoms with Gasteiger partial charge in [-0.15, -0.1) is 0 Å². The summed E-state index contributed by atoms with van der Waals surface area (Å²) in [5.41, 5.74) is 4.72. The molecule has 0 atom stereocenters. The molecule has 1 amide bonds. The molecule has 8 nitrogen and oxygen atoms in total. The number of carbonyl (C=O) groups is 3. The van der Waals surface area contributed by atoms with Crippen LogP contribution in [0.15, 0.2) is 53.2 Å². The molecule has 1 fully saturated rings. The average Bonchev–Trinajstić information content (AvgIpc) is 3.61. The summed E-state index contributed by atoms with van der Waals surface area (Å²) in [7, 11) is 1.93. The first-order valence-corrected chi connectivity index (χ1v) is 17.5. The van der Waals surface area contributed by atoms with E-state index in [-0.39, 0.29) is 25.4 Å². The third-order valence-electron chi connectivity index (χ3n) is 8.67. The molecular weight excluding hydrogens is 602 g/mol. The Morgan fingerprint density at radius 1 is 0.826 bits per heavy atom. The average molecular weight is 650 g/mol. The molecule has 0 bridgehead atoms. The summed E-state index contributed by atoms with van der Waals surface area (Å²) in [6.45, 7) is 0.835. The van der Waals surface area contributed by atoms with E-state index in [1.807, 2.05) is 53.7 Å². The summed E-state index contributed by atoms with van der Waals surface area (Å²) in [5.74, 6) is -0.318. The minimum Gasteiger partial charge on any atom is -0.494 e. The fourth-order valence-electron chi connectivity index (χ4n) is 6.10. The molecule has 9 heteroatoms. The van der Waals surface area contributed by atoms with Crippen LogP contribution in [0.25, 0.3) is 11.1 Å². The van der Waals surface area contributed by atoms with Crippen LogP contribution in [0.2, 0.25) is 0 Å². The van der Waals surface area contributed by atoms with E-state index < -0.39 is 11.9 Å². The van der Waals surface area contributed by atoms with E-state index in [1.165, 1.54) is 19.3 Å². The van der Waals surface area contributed by atoms with Gasteiger partial charge in [0, 0.05) is 31.5 Å². The Morgan fingerprint density at radius 3 is 2.33 bits per heavy atom. The minimum absolute atomic E-state index is 0.0115. The van der Waals surface area contributed by atoms with E-state index in [2.05, 4.69) is 11.4 Å². The zero-order valence-electron chi connectivity index (χ0n) is 26.9. The number of aryl methyl sites for hydroxylation is 1. The van der Waals surface area contributed by atoms with Gasteiger partial charge in [0.1, 0.15) is 11.5 Å². The monoisotopic (exact) mass is 649 g/mol. The fourth-order valence-corrected chi connectivity index (χ4v) is 6.77. The number of aliphatic carboxylic acids is 2. The van der Waals surface area contributed by atoms with Crippen molar-refractivity contribution in [3.8, 4) is 22.6 Å². The minimum atomic E-state index is -0.863. The van der Waals surface area contributed by atoms with E-state index in [9.17, 15) is 19.5 Å². The number of carbonyl (C=O) groups excluding carboxylic acids is 1. The topological polar surface area (TPSA) is 113 Å². The van der Waals surface area contributed by atoms with Gasteiger partial charge in [-0.25, -0.2) is 0 Å². The van der Waals surface area contributed by atoms with Crippen LogP contribution in [-0.2, 0) is 22.4 Å². The van der Waals surface area contributed by atoms with E-state index >= 15 is 0 Å². The maximum atomic E-state index is 13.5. The van der Waals surface area contributed by atoms with Crippen LogP contribution >= 0.6 is 11.3 Å². The predicted octanol–water partition coefficient (Wildman–Crippen LogP) is 8.26. The molecule has 1 aliphatic rings. The number of hydrogen-bond acceptors (Lipinski definition) is 6. The molecule has 2 aromatic carbocycles. The quantitative estimate of drug-likeness (QED) is 0.126. The van der Waals surface area contributed by atoms with Crippen molar-refractivity contribution in [2.45, 2.75) is 95.9 Å². The molecule has 0 unspecified atom stereocenters. The van der Waals surface area contributed by atoms with Crippen LogP contribution < -0.4 is 9.47 Å². The first kappa shape index (κ1) is 35.0. The Hall–Kier alpha value is -3.85. The zero-order chi connectivity index (χ0) is 32.7. The van der Waals surface area contributed by atoms with Crippen molar-refractivity contribution in [1.29, 1.82) is 0 Å². The Bertz CT molecular complexity index is 1420. The summed E-state index contributed by atoms with van der Waals surface area (Å²) >= 11 is 1.63. The van der Waals surface area contributed by atoms with Crippen LogP contribution in [0.4, 0.5) is 0 Å². The molecule has 2 N–H and O–H groups in total. The number of nitrogens with zero attached hydrogens (tertiary/aromatic N) is 1. The Balaban J connectivity index is 1.29. The highest BCUT2D eigenvalue weighted by molar-refractivity contribution is 7.08. The lowest BCUT2D eigenvalue weighted by atomic mass is 9.94. The highest BCUT2D eigenvalue weighted by Gasteiger charge is 2.24. The number of rotatable bonds is 19. The highest BCUT2D eigenvalue weighted by Crippen LogP contribution is 2.30. The Kier molecular flexibility index (Phi) is 14.0. The molecule has 1 aromatic heterocycles. The number of unbranched alkanes of at least 4 members (excludes halogenated alkanes) is 3. The van der Waals surface area contributed by atoms with Crippen molar-refractivity contribution < 1.29 is 34.1 Å². The van der Waals surface area contributed by atoms with Crippen LogP contribution in [0.3, 0.4) is 0 Å². The van der Waals surface area contributed by atoms with Crippen LogP contribution in [0.1, 0.15) is 98.5 Å². The summed E-state index contributed by atoms with van der Waals surface area (Å²) in [6.07, 6.45) is 11.2. The lowest BCUT2D eigenvalue weighted by Gasteiger charge is -2.31. The second kappa shape index (κ2) is 18.3. The van der Waals surface area contributed by atoms with Crippen LogP contribution in [0, 0.1) is 0 Å². The largest absolute Gasteiger partial charge is 0.494 e. The Labute approximate surface area is 276 Å². The SMILES string of the molecule is CN(C(=O)c1cc(OCCCCCCc2cccc(OCCCC(=O)O)c2CCC(=O)O)cc(-c2ccsc2)c1)C1CCCCC1. The van der Waals surface area contributed by atoms with Crippen molar-refractivity contribution in [3.63, 3.8) is 0 Å². The zero-order valence-corrected chi connectivity index (χ0v) is 27.7. The predicted molar refractivity (Wildman–Crippen MR) is 181 cm³/mol. The molecule has 3 aromatic rings. The second-order valence-electron chi connectivity index (χ2n) is 12.1. The van der Waals surface area contributed by atoms with Gasteiger partial charge in [0.05, 0.1) is 13.2 Å². The van der Waals surface area contributed by atoms with Gasteiger partial charge >= 0.3 is 11.9 Å². The smallest absolute Gasteiger partial charge is 0.303 e. The van der Waals surface area contributed by atoms with E-state index in [0.29, 0.717) is 42.6 Å². The summed E-state index contributed by atoms with van der Waals surface area (Å²) in [4.78, 5) is 37.5. The number of hydrogen-bond donors (Lipinski definition) is 2. The first-order valence-electron chi connectivity index (χ1n) is 16.6. The van der Waals surface area contributed by atoms with Gasteiger partial charge in [-0.2, -0.15) is 11.3 Å². The molecule has 1 aliphatic carbocycles. The number of carboxylic acids is 2. The van der Waals surface area contributed by atoms with Gasteiger partial charge in [0.2, 0.25) is 0 Å². The summed E-state index contributed by atoms with van der Waals surface area (Å²) in [5, 5.41) is 22.3. The summed E-state index contributed by atoms with van der Waals surface area (Å²) < 4.78 is 12.1. The van der Waals surface area contributed by atoms with Gasteiger partial charge in [-0.05, 0) is 108 Å². The lowest BCUT2D eigenvalue weighted by molar-refractivity contribution is -0.138. The molecule has 46 heavy (non-hydrogen) atoms. The maximum Gasteiger partial charge on any atom is 0.303 e. The number of ether oxygens (including phenoxy) is 2. The summed E-state index contributed by atoms with van der Waals surface area (Å²) in [6, 6.07) is 14.0. The van der Waals surface area contributed by atoms with E-state index in [1.54, 1.807) is 11.3 Å². The fraction of sp³-hybridized carbons (Fsp3) is 0.486. The van der Waals surface area contributed by atoms with Crippen molar-refractivity contribution in [3.05, 3.63) is 69.9 Å². The van der Waals surface area contributed by atoms with Crippen molar-refractivity contribution in [1.82, 2.24) is 4.90 Å². The third-order valence-corrected chi connectivity index (χ3v) is 9.35. The molecule has 0 radical (unpaired) electrons. The van der Waals surface area contributed by atoms with Gasteiger partial charge in [0.25, 0.3) is 5.91 Å². The van der Waals surface area contributed by atoms with E-state index in [0.717, 1.165) is 67.2 Å². The van der Waals surface area contributed by atoms with Gasteiger partial charge in [-0.1, -0.05) is 44.2 Å². The molecule has 0 saturated heterocycles. The number of amides is 1. The van der Waals surface area contributed by atoms with Gasteiger partial charge < -0.3 is 24.6 Å². The molecule has 0 aliphatic heterocycles. The number of carboxylic acid groups (broad SMARTS) is 2. The maximum absolute atomic E-state index is 13.5. The van der Waals surface area contributed by atoms with Crippen molar-refractivity contribution in [2.24, 2.45) is 0 Å². The molecule has 1 saturated carbocycles. The number of thiophene rings is 1. The standard InChI is InChI=1S/C37H47NO7S/c1-38(31-13-6-4-7-14-31)37(43)30-23-29(28-19-22-46-26-28)24-32(25-30)44-20-8-3-2-5-11-27-12-9-15-34(33(27)17-18-36(41)42)45-21-10-16-35(39)40/h9,12,15,19,22-26,31H,2-8,10-11,13-14,16-18,20-21H2,1H3,(H,39,40)(H,41,42). The van der Waals surface area contributed by atoms with Gasteiger partial charge in [0.15, 0.2) is 0 Å². The van der Waals surface area contributed by atoms with Crippen molar-refractivity contribution in [2.75, 3.05) is 20.3 Å². The van der Waals surface area contributed by atoms with E-state index in [4.69, 9.17) is 14.6 Å². The molecule has 4 rings (SSSR count). The van der Waals surface area contributed by atoms with Crippen molar-refractivity contribution >= 4 is 29.2 Å².